The summed E-state index contributed by atoms with van der Waals surface area (Å²) in [6, 6.07) is 5.09. The van der Waals surface area contributed by atoms with Gasteiger partial charge in [-0.05, 0) is 6.07 Å². The van der Waals surface area contributed by atoms with Crippen LogP contribution in [0.1, 0.15) is 6.92 Å². The molecule has 0 amide bonds. The standard InChI is InChI=1S/C10H13BO4/c1-7-5-14-9-4-2-3-8(11(12)13)10(9)15-6-7/h2-4,7,12-13H,5-6H2,1H3. The molecule has 1 unspecified atom stereocenters. The molecule has 5 heteroatoms. The highest BCUT2D eigenvalue weighted by molar-refractivity contribution is 6.59. The van der Waals surface area contributed by atoms with Crippen LogP contribution in [0.25, 0.3) is 0 Å². The van der Waals surface area contributed by atoms with Crippen LogP contribution in [0.4, 0.5) is 0 Å². The Morgan fingerprint density at radius 3 is 2.73 bits per heavy atom. The van der Waals surface area contributed by atoms with Gasteiger partial charge >= 0.3 is 7.12 Å². The fourth-order valence-corrected chi connectivity index (χ4v) is 1.51. The maximum Gasteiger partial charge on any atom is 0.492 e. The van der Waals surface area contributed by atoms with Crippen LogP contribution in [-0.4, -0.2) is 30.4 Å². The predicted octanol–water partition coefficient (Wildman–Crippen LogP) is -0.226. The number of rotatable bonds is 1. The fourth-order valence-electron chi connectivity index (χ4n) is 1.51. The Morgan fingerprint density at radius 1 is 1.27 bits per heavy atom. The summed E-state index contributed by atoms with van der Waals surface area (Å²) in [5, 5.41) is 18.3. The van der Waals surface area contributed by atoms with Gasteiger partial charge in [0, 0.05) is 11.4 Å². The lowest BCUT2D eigenvalue weighted by Crippen LogP contribution is -2.31. The van der Waals surface area contributed by atoms with Crippen LogP contribution in [0.2, 0.25) is 0 Å². The summed E-state index contributed by atoms with van der Waals surface area (Å²) in [6.07, 6.45) is 0. The first-order valence-corrected chi connectivity index (χ1v) is 4.93. The van der Waals surface area contributed by atoms with E-state index in [9.17, 15) is 0 Å². The first-order chi connectivity index (χ1) is 7.18. The highest BCUT2D eigenvalue weighted by Crippen LogP contribution is 2.28. The summed E-state index contributed by atoms with van der Waals surface area (Å²) < 4.78 is 11.0. The fraction of sp³-hybridized carbons (Fsp3) is 0.400. The first kappa shape index (κ1) is 10.3. The molecule has 1 aromatic carbocycles. The van der Waals surface area contributed by atoms with E-state index in [-0.39, 0.29) is 0 Å². The van der Waals surface area contributed by atoms with Crippen LogP contribution < -0.4 is 14.9 Å². The van der Waals surface area contributed by atoms with E-state index in [1.54, 1.807) is 18.2 Å². The van der Waals surface area contributed by atoms with Crippen LogP contribution >= 0.6 is 0 Å². The predicted molar refractivity (Wildman–Crippen MR) is 56.4 cm³/mol. The minimum Gasteiger partial charge on any atom is -0.490 e. The minimum atomic E-state index is -1.53. The summed E-state index contributed by atoms with van der Waals surface area (Å²) in [7, 11) is -1.53. The van der Waals surface area contributed by atoms with Crippen LogP contribution in [0.5, 0.6) is 11.5 Å². The van der Waals surface area contributed by atoms with E-state index in [0.29, 0.717) is 36.1 Å². The molecule has 0 bridgehead atoms. The molecule has 15 heavy (non-hydrogen) atoms. The molecule has 1 heterocycles. The summed E-state index contributed by atoms with van der Waals surface area (Å²) in [5.74, 6) is 1.31. The van der Waals surface area contributed by atoms with E-state index in [2.05, 4.69) is 0 Å². The highest BCUT2D eigenvalue weighted by Gasteiger charge is 2.23. The van der Waals surface area contributed by atoms with E-state index in [1.807, 2.05) is 6.92 Å². The number of hydrogen-bond donors (Lipinski definition) is 2. The number of para-hydroxylation sites is 1. The van der Waals surface area contributed by atoms with Crippen molar-refractivity contribution in [3.05, 3.63) is 18.2 Å². The molecule has 1 aliphatic rings. The summed E-state index contributed by atoms with van der Waals surface area (Å²) >= 11 is 0. The molecular weight excluding hydrogens is 195 g/mol. The van der Waals surface area contributed by atoms with Crippen LogP contribution in [-0.2, 0) is 0 Å². The minimum absolute atomic E-state index is 0.293. The average molecular weight is 208 g/mol. The van der Waals surface area contributed by atoms with Crippen molar-refractivity contribution >= 4 is 12.6 Å². The summed E-state index contributed by atoms with van der Waals surface area (Å²) in [4.78, 5) is 0. The van der Waals surface area contributed by atoms with Gasteiger partial charge in [0.15, 0.2) is 11.5 Å². The second-order valence-corrected chi connectivity index (χ2v) is 3.78. The van der Waals surface area contributed by atoms with Crippen molar-refractivity contribution in [2.75, 3.05) is 13.2 Å². The molecule has 0 aromatic heterocycles. The lowest BCUT2D eigenvalue weighted by Gasteiger charge is -2.11. The van der Waals surface area contributed by atoms with Gasteiger partial charge in [-0.25, -0.2) is 0 Å². The third kappa shape index (κ3) is 2.08. The van der Waals surface area contributed by atoms with Gasteiger partial charge in [-0.2, -0.15) is 0 Å². The Hall–Kier alpha value is -1.20. The van der Waals surface area contributed by atoms with E-state index in [0.717, 1.165) is 0 Å². The van der Waals surface area contributed by atoms with Crippen molar-refractivity contribution in [3.63, 3.8) is 0 Å². The SMILES string of the molecule is CC1COc2cccc(B(O)O)c2OC1. The van der Waals surface area contributed by atoms with Gasteiger partial charge < -0.3 is 19.5 Å². The zero-order chi connectivity index (χ0) is 10.8. The highest BCUT2D eigenvalue weighted by atomic mass is 16.5. The zero-order valence-corrected chi connectivity index (χ0v) is 8.51. The molecule has 1 atom stereocenters. The smallest absolute Gasteiger partial charge is 0.490 e. The topological polar surface area (TPSA) is 58.9 Å². The molecular formula is C10H13BO4. The molecule has 1 aromatic rings. The Labute approximate surface area is 88.6 Å². The van der Waals surface area contributed by atoms with Crippen LogP contribution in [0.3, 0.4) is 0 Å². The maximum atomic E-state index is 9.16. The largest absolute Gasteiger partial charge is 0.492 e. The number of benzene rings is 1. The monoisotopic (exact) mass is 208 g/mol. The molecule has 0 saturated carbocycles. The van der Waals surface area contributed by atoms with E-state index >= 15 is 0 Å². The third-order valence-electron chi connectivity index (χ3n) is 2.32. The van der Waals surface area contributed by atoms with Crippen molar-refractivity contribution < 1.29 is 19.5 Å². The molecule has 0 saturated heterocycles. The Bertz CT molecular complexity index is 353. The van der Waals surface area contributed by atoms with E-state index in [1.165, 1.54) is 0 Å². The van der Waals surface area contributed by atoms with Gasteiger partial charge in [0.05, 0.1) is 13.2 Å². The van der Waals surface area contributed by atoms with Crippen molar-refractivity contribution in [1.82, 2.24) is 0 Å². The second-order valence-electron chi connectivity index (χ2n) is 3.78. The molecule has 80 valence electrons. The summed E-state index contributed by atoms with van der Waals surface area (Å²) in [5.41, 5.74) is 0.349. The molecule has 4 nitrogen and oxygen atoms in total. The van der Waals surface area contributed by atoms with Gasteiger partial charge in [0.1, 0.15) is 0 Å². The first-order valence-electron chi connectivity index (χ1n) is 4.93. The Morgan fingerprint density at radius 2 is 2.00 bits per heavy atom. The molecule has 0 radical (unpaired) electrons. The van der Waals surface area contributed by atoms with Gasteiger partial charge in [-0.3, -0.25) is 0 Å². The lowest BCUT2D eigenvalue weighted by molar-refractivity contribution is 0.228. The van der Waals surface area contributed by atoms with E-state index < -0.39 is 7.12 Å². The molecule has 0 fully saturated rings. The Kier molecular flexibility index (Phi) is 2.84. The molecule has 2 rings (SSSR count). The van der Waals surface area contributed by atoms with Crippen LogP contribution in [0, 0.1) is 5.92 Å². The number of fused-ring (bicyclic) bond motifs is 1. The normalized spacial score (nSPS) is 19.5. The third-order valence-corrected chi connectivity index (χ3v) is 2.32. The molecule has 0 aliphatic carbocycles. The number of hydrogen-bond acceptors (Lipinski definition) is 4. The second kappa shape index (κ2) is 4.12. The quantitative estimate of drug-likeness (QED) is 0.626. The summed E-state index contributed by atoms with van der Waals surface area (Å²) in [6.45, 7) is 3.12. The van der Waals surface area contributed by atoms with Crippen molar-refractivity contribution in [2.24, 2.45) is 5.92 Å². The van der Waals surface area contributed by atoms with Gasteiger partial charge in [-0.15, -0.1) is 0 Å². The van der Waals surface area contributed by atoms with Gasteiger partial charge in [-0.1, -0.05) is 19.1 Å². The molecule has 1 aliphatic heterocycles. The van der Waals surface area contributed by atoms with E-state index in [4.69, 9.17) is 19.5 Å². The van der Waals surface area contributed by atoms with Crippen LogP contribution in [0.15, 0.2) is 18.2 Å². The molecule has 2 N–H and O–H groups in total. The van der Waals surface area contributed by atoms with Crippen molar-refractivity contribution in [2.45, 2.75) is 6.92 Å². The van der Waals surface area contributed by atoms with Gasteiger partial charge in [0.25, 0.3) is 0 Å². The zero-order valence-electron chi connectivity index (χ0n) is 8.51. The maximum absolute atomic E-state index is 9.16. The van der Waals surface area contributed by atoms with Gasteiger partial charge in [0.2, 0.25) is 0 Å². The van der Waals surface area contributed by atoms with Crippen molar-refractivity contribution in [1.29, 1.82) is 0 Å². The lowest BCUT2D eigenvalue weighted by atomic mass is 9.79. The Balaban J connectivity index is 2.38. The van der Waals surface area contributed by atoms with Crippen molar-refractivity contribution in [3.8, 4) is 11.5 Å². The average Bonchev–Trinajstić information content (AvgIpc) is 2.40. The molecule has 0 spiro atoms. The number of ether oxygens (including phenoxy) is 2.